The fraction of sp³-hybridized carbons (Fsp3) is 0.552. The zero-order valence-corrected chi connectivity index (χ0v) is 23.8. The number of esters is 1. The number of likely N-dealkylation sites (tertiary alicyclic amines) is 1. The third-order valence-electron chi connectivity index (χ3n) is 8.26. The van der Waals surface area contributed by atoms with Gasteiger partial charge in [0.25, 0.3) is 5.91 Å². The molecule has 204 valence electrons. The predicted molar refractivity (Wildman–Crippen MR) is 149 cm³/mol. The van der Waals surface area contributed by atoms with Gasteiger partial charge in [-0.2, -0.15) is 0 Å². The molecule has 5 rings (SSSR count). The SMILES string of the molecule is Cc1cccc(Cl)c1N1CC=C[C@]23S[C@@]4(C)C=CCCOC(=O)[C@H]4[C@H]2C(=O)N([C@@H](CO)CC(C)C)C3C1=O. The van der Waals surface area contributed by atoms with Gasteiger partial charge >= 0.3 is 5.97 Å². The molecule has 0 saturated carbocycles. The molecule has 2 saturated heterocycles. The van der Waals surface area contributed by atoms with Crippen LogP contribution in [0.25, 0.3) is 0 Å². The van der Waals surface area contributed by atoms with Crippen LogP contribution in [0.3, 0.4) is 0 Å². The number of cyclic esters (lactones) is 1. The molecule has 9 heteroatoms. The normalized spacial score (nSPS) is 33.4. The van der Waals surface area contributed by atoms with E-state index in [4.69, 9.17) is 16.3 Å². The van der Waals surface area contributed by atoms with E-state index in [2.05, 4.69) is 0 Å². The zero-order valence-electron chi connectivity index (χ0n) is 22.2. The lowest BCUT2D eigenvalue weighted by Gasteiger charge is -2.40. The van der Waals surface area contributed by atoms with Crippen molar-refractivity contribution in [2.24, 2.45) is 17.8 Å². The second kappa shape index (κ2) is 10.0. The van der Waals surface area contributed by atoms with Crippen molar-refractivity contribution >= 4 is 46.8 Å². The van der Waals surface area contributed by atoms with Crippen molar-refractivity contribution in [3.8, 4) is 0 Å². The fourth-order valence-electron chi connectivity index (χ4n) is 6.81. The van der Waals surface area contributed by atoms with Crippen LogP contribution >= 0.6 is 23.4 Å². The van der Waals surface area contributed by atoms with Crippen molar-refractivity contribution in [3.05, 3.63) is 53.1 Å². The predicted octanol–water partition coefficient (Wildman–Crippen LogP) is 4.15. The minimum atomic E-state index is -1.00. The Morgan fingerprint density at radius 2 is 1.92 bits per heavy atom. The number of rotatable bonds is 5. The molecule has 38 heavy (non-hydrogen) atoms. The Balaban J connectivity index is 1.70. The minimum absolute atomic E-state index is 0.182. The van der Waals surface area contributed by atoms with E-state index in [1.807, 2.05) is 64.1 Å². The van der Waals surface area contributed by atoms with Gasteiger partial charge in [0.1, 0.15) is 6.04 Å². The van der Waals surface area contributed by atoms with Gasteiger partial charge in [-0.25, -0.2) is 0 Å². The maximum Gasteiger partial charge on any atom is 0.311 e. The molecule has 2 fully saturated rings. The molecular weight excluding hydrogens is 524 g/mol. The van der Waals surface area contributed by atoms with Gasteiger partial charge in [0.05, 0.1) is 46.5 Å². The Morgan fingerprint density at radius 3 is 2.61 bits per heavy atom. The highest BCUT2D eigenvalue weighted by molar-refractivity contribution is 8.02. The van der Waals surface area contributed by atoms with Crippen LogP contribution in [-0.4, -0.2) is 69.1 Å². The summed E-state index contributed by atoms with van der Waals surface area (Å²) in [6.07, 6.45) is 9.03. The van der Waals surface area contributed by atoms with E-state index in [9.17, 15) is 19.5 Å². The summed E-state index contributed by atoms with van der Waals surface area (Å²) in [7, 11) is 0. The molecule has 1 unspecified atom stereocenters. The van der Waals surface area contributed by atoms with Crippen LogP contribution in [0, 0.1) is 24.7 Å². The standard InChI is InChI=1S/C29H35ClN2O5S/c1-17(2)15-19(16-33)32-24-26(35)31(23-18(3)9-7-10-20(23)30)13-8-12-29(24)21(25(32)34)22-27(36)37-14-6-5-11-28(22,4)38-29/h5,7-12,17,19,21-22,24,33H,6,13-16H2,1-4H3/t19-,21+,22-,24?,28+,29+/m1/s1. The lowest BCUT2D eigenvalue weighted by atomic mass is 9.74. The van der Waals surface area contributed by atoms with Crippen molar-refractivity contribution in [1.82, 2.24) is 4.90 Å². The molecule has 7 nitrogen and oxygen atoms in total. The average molecular weight is 559 g/mol. The topological polar surface area (TPSA) is 87.2 Å². The number of nitrogens with zero attached hydrogens (tertiary/aromatic N) is 2. The number of para-hydroxylation sites is 1. The summed E-state index contributed by atoms with van der Waals surface area (Å²) in [6, 6.07) is 4.02. The number of benzene rings is 1. The molecule has 0 bridgehead atoms. The molecule has 0 aromatic heterocycles. The van der Waals surface area contributed by atoms with Gasteiger partial charge in [0.15, 0.2) is 0 Å². The van der Waals surface area contributed by atoms with Gasteiger partial charge < -0.3 is 19.6 Å². The number of fused-ring (bicyclic) bond motifs is 2. The maximum atomic E-state index is 14.7. The molecule has 2 amide bonds. The van der Waals surface area contributed by atoms with Crippen LogP contribution in [-0.2, 0) is 19.1 Å². The van der Waals surface area contributed by atoms with Crippen molar-refractivity contribution in [1.29, 1.82) is 0 Å². The Hall–Kier alpha value is -2.29. The van der Waals surface area contributed by atoms with Crippen LogP contribution in [0.15, 0.2) is 42.5 Å². The number of aliphatic hydroxyl groups is 1. The first-order valence-corrected chi connectivity index (χ1v) is 14.5. The van der Waals surface area contributed by atoms with E-state index in [-0.39, 0.29) is 37.5 Å². The Morgan fingerprint density at radius 1 is 1.16 bits per heavy atom. The van der Waals surface area contributed by atoms with Gasteiger partial charge in [0.2, 0.25) is 5.91 Å². The molecule has 6 atom stereocenters. The number of aryl methyl sites for hydroxylation is 1. The summed E-state index contributed by atoms with van der Waals surface area (Å²) in [4.78, 5) is 45.8. The van der Waals surface area contributed by atoms with Gasteiger partial charge in [-0.15, -0.1) is 11.8 Å². The lowest BCUT2D eigenvalue weighted by molar-refractivity contribution is -0.154. The summed E-state index contributed by atoms with van der Waals surface area (Å²) in [5, 5.41) is 10.9. The van der Waals surface area contributed by atoms with E-state index in [1.165, 1.54) is 11.8 Å². The lowest BCUT2D eigenvalue weighted by Crippen LogP contribution is -2.57. The third kappa shape index (κ3) is 4.11. The van der Waals surface area contributed by atoms with Crippen molar-refractivity contribution in [2.75, 3.05) is 24.7 Å². The van der Waals surface area contributed by atoms with E-state index < -0.39 is 39.4 Å². The van der Waals surface area contributed by atoms with Crippen LogP contribution < -0.4 is 4.90 Å². The summed E-state index contributed by atoms with van der Waals surface area (Å²) < 4.78 is 3.87. The first-order chi connectivity index (χ1) is 18.1. The molecule has 1 N–H and O–H groups in total. The van der Waals surface area contributed by atoms with Gasteiger partial charge in [-0.1, -0.05) is 61.9 Å². The first kappa shape index (κ1) is 27.3. The minimum Gasteiger partial charge on any atom is -0.465 e. The molecule has 1 aromatic carbocycles. The zero-order chi connectivity index (χ0) is 27.4. The largest absolute Gasteiger partial charge is 0.465 e. The Kier molecular flexibility index (Phi) is 7.20. The number of anilines is 1. The summed E-state index contributed by atoms with van der Waals surface area (Å²) in [6.45, 7) is 8.18. The first-order valence-electron chi connectivity index (χ1n) is 13.3. The molecule has 4 aliphatic heterocycles. The number of thioether (sulfide) groups is 1. The summed E-state index contributed by atoms with van der Waals surface area (Å²) in [5.41, 5.74) is 1.46. The van der Waals surface area contributed by atoms with Crippen molar-refractivity contribution < 1.29 is 24.2 Å². The van der Waals surface area contributed by atoms with Crippen LogP contribution in [0.5, 0.6) is 0 Å². The van der Waals surface area contributed by atoms with Crippen LogP contribution in [0.4, 0.5) is 5.69 Å². The molecule has 4 heterocycles. The highest BCUT2D eigenvalue weighted by atomic mass is 35.5. The third-order valence-corrected chi connectivity index (χ3v) is 10.4. The second-order valence-electron chi connectivity index (χ2n) is 11.3. The van der Waals surface area contributed by atoms with E-state index in [1.54, 1.807) is 15.9 Å². The Bertz CT molecular complexity index is 1200. The fourth-order valence-corrected chi connectivity index (χ4v) is 9.27. The smallest absolute Gasteiger partial charge is 0.311 e. The number of amides is 2. The van der Waals surface area contributed by atoms with Gasteiger partial charge in [0, 0.05) is 11.3 Å². The van der Waals surface area contributed by atoms with Gasteiger partial charge in [-0.3, -0.25) is 14.4 Å². The number of carbonyl (C=O) groups excluding carboxylic acids is 3. The molecule has 0 radical (unpaired) electrons. The summed E-state index contributed by atoms with van der Waals surface area (Å²) >= 11 is 8.12. The number of hydrogen-bond acceptors (Lipinski definition) is 6. The van der Waals surface area contributed by atoms with E-state index in [0.29, 0.717) is 23.6 Å². The molecule has 1 aromatic rings. The number of carbonyl (C=O) groups is 3. The number of hydrogen-bond donors (Lipinski definition) is 1. The number of aliphatic hydroxyl groups excluding tert-OH is 1. The van der Waals surface area contributed by atoms with Crippen LogP contribution in [0.1, 0.15) is 39.2 Å². The van der Waals surface area contributed by atoms with E-state index >= 15 is 0 Å². The quantitative estimate of drug-likeness (QED) is 0.431. The van der Waals surface area contributed by atoms with Gasteiger partial charge in [-0.05, 0) is 44.2 Å². The van der Waals surface area contributed by atoms with Crippen molar-refractivity contribution in [2.45, 2.75) is 62.1 Å². The highest BCUT2D eigenvalue weighted by Crippen LogP contribution is 2.65. The van der Waals surface area contributed by atoms with E-state index in [0.717, 1.165) is 5.56 Å². The monoisotopic (exact) mass is 558 g/mol. The number of ether oxygens (including phenoxy) is 1. The second-order valence-corrected chi connectivity index (χ2v) is 13.5. The molecule has 1 spiro atoms. The number of halogens is 1. The van der Waals surface area contributed by atoms with Crippen molar-refractivity contribution in [3.63, 3.8) is 0 Å². The molecule has 4 aliphatic rings. The van der Waals surface area contributed by atoms with Crippen LogP contribution in [0.2, 0.25) is 5.02 Å². The highest BCUT2D eigenvalue weighted by Gasteiger charge is 2.74. The Labute approximate surface area is 233 Å². The summed E-state index contributed by atoms with van der Waals surface area (Å²) in [5.74, 6) is -2.32. The maximum absolute atomic E-state index is 14.7. The average Bonchev–Trinajstić information content (AvgIpc) is 3.17. The molecular formula is C29H35ClN2O5S. The molecule has 0 aliphatic carbocycles.